The van der Waals surface area contributed by atoms with Crippen molar-refractivity contribution in [2.45, 2.75) is 19.6 Å². The Hall–Kier alpha value is -2.86. The third kappa shape index (κ3) is 3.80. The average molecular weight is 340 g/mol. The van der Waals surface area contributed by atoms with Gasteiger partial charge in [-0.3, -0.25) is 4.79 Å². The minimum Gasteiger partial charge on any atom is -0.462 e. The smallest absolute Gasteiger partial charge is 0.338 e. The normalized spacial score (nSPS) is 16.2. The number of benzene rings is 2. The molecule has 1 amide bonds. The number of aliphatic hydroxyl groups excluding tert-OH is 1. The molecule has 1 aliphatic rings. The largest absolute Gasteiger partial charge is 0.462 e. The summed E-state index contributed by atoms with van der Waals surface area (Å²) >= 11 is 0. The van der Waals surface area contributed by atoms with Crippen molar-refractivity contribution in [3.63, 3.8) is 0 Å². The van der Waals surface area contributed by atoms with Crippen LogP contribution in [-0.4, -0.2) is 36.4 Å². The highest BCUT2D eigenvalue weighted by Gasteiger charge is 2.30. The maximum atomic E-state index is 12.0. The Balaban J connectivity index is 1.56. The molecule has 25 heavy (non-hydrogen) atoms. The van der Waals surface area contributed by atoms with E-state index >= 15 is 0 Å². The fourth-order valence-electron chi connectivity index (χ4n) is 2.72. The summed E-state index contributed by atoms with van der Waals surface area (Å²) in [5.74, 6) is -0.840. The van der Waals surface area contributed by atoms with E-state index in [0.29, 0.717) is 24.2 Å². The number of para-hydroxylation sites is 2. The molecule has 2 N–H and O–H groups in total. The molecular formula is C19H20N2O4. The number of anilines is 2. The molecule has 0 fully saturated rings. The molecule has 1 heterocycles. The summed E-state index contributed by atoms with van der Waals surface area (Å²) in [5.41, 5.74) is 3.00. The lowest BCUT2D eigenvalue weighted by atomic mass is 10.1. The quantitative estimate of drug-likeness (QED) is 0.645. The van der Waals surface area contributed by atoms with Crippen LogP contribution in [-0.2, 0) is 9.53 Å². The van der Waals surface area contributed by atoms with E-state index in [9.17, 15) is 14.7 Å². The van der Waals surface area contributed by atoms with Crippen LogP contribution < -0.4 is 10.2 Å². The van der Waals surface area contributed by atoms with Crippen molar-refractivity contribution in [2.24, 2.45) is 0 Å². The molecule has 1 unspecified atom stereocenters. The van der Waals surface area contributed by atoms with Gasteiger partial charge in [-0.05, 0) is 37.6 Å². The van der Waals surface area contributed by atoms with Crippen LogP contribution in [0.5, 0.6) is 0 Å². The van der Waals surface area contributed by atoms with Crippen molar-refractivity contribution >= 4 is 23.3 Å². The van der Waals surface area contributed by atoms with E-state index in [4.69, 9.17) is 4.74 Å². The maximum absolute atomic E-state index is 12.0. The van der Waals surface area contributed by atoms with Gasteiger partial charge >= 0.3 is 5.97 Å². The topological polar surface area (TPSA) is 78.9 Å². The second kappa shape index (κ2) is 7.36. The number of nitrogens with one attached hydrogen (secondary N) is 1. The number of hydrogen-bond acceptors (Lipinski definition) is 5. The van der Waals surface area contributed by atoms with Crippen LogP contribution in [0.25, 0.3) is 0 Å². The first-order chi connectivity index (χ1) is 12.1. The first-order valence-corrected chi connectivity index (χ1v) is 8.14. The van der Waals surface area contributed by atoms with E-state index in [2.05, 4.69) is 5.32 Å². The molecule has 6 heteroatoms. The molecule has 0 bridgehead atoms. The van der Waals surface area contributed by atoms with Crippen LogP contribution in [0.4, 0.5) is 11.4 Å². The number of esters is 1. The molecule has 0 spiro atoms. The minimum atomic E-state index is -1.25. The lowest BCUT2D eigenvalue weighted by Gasteiger charge is -2.34. The van der Waals surface area contributed by atoms with Crippen molar-refractivity contribution < 1.29 is 19.4 Å². The molecule has 6 nitrogen and oxygen atoms in total. The summed E-state index contributed by atoms with van der Waals surface area (Å²) in [4.78, 5) is 25.4. The maximum Gasteiger partial charge on any atom is 0.338 e. The molecule has 0 aromatic heterocycles. The molecular weight excluding hydrogens is 320 g/mol. The Kier molecular flexibility index (Phi) is 5.00. The Morgan fingerprint density at radius 1 is 1.20 bits per heavy atom. The molecule has 1 atom stereocenters. The summed E-state index contributed by atoms with van der Waals surface area (Å²) in [6.07, 6.45) is -0.751. The minimum absolute atomic E-state index is 0.208. The van der Waals surface area contributed by atoms with Crippen LogP contribution in [0.3, 0.4) is 0 Å². The van der Waals surface area contributed by atoms with Crippen LogP contribution >= 0.6 is 0 Å². The van der Waals surface area contributed by atoms with Gasteiger partial charge in [0.05, 0.1) is 23.5 Å². The highest BCUT2D eigenvalue weighted by atomic mass is 16.5. The lowest BCUT2D eigenvalue weighted by molar-refractivity contribution is -0.124. The SMILES string of the molecule is Cc1ccc(C(=O)OCCCN2c3ccccc3NC(=O)C2O)cc1. The first kappa shape index (κ1) is 17.0. The summed E-state index contributed by atoms with van der Waals surface area (Å²) in [5, 5.41) is 12.8. The third-order valence-corrected chi connectivity index (χ3v) is 4.06. The Morgan fingerprint density at radius 3 is 2.68 bits per heavy atom. The number of ether oxygens (including phenoxy) is 1. The molecule has 0 saturated carbocycles. The molecule has 2 aromatic rings. The molecule has 3 rings (SSSR count). The van der Waals surface area contributed by atoms with Crippen molar-refractivity contribution in [1.82, 2.24) is 0 Å². The number of aliphatic hydroxyl groups is 1. The Morgan fingerprint density at radius 2 is 1.92 bits per heavy atom. The number of fused-ring (bicyclic) bond motifs is 1. The summed E-state index contributed by atoms with van der Waals surface area (Å²) in [7, 11) is 0. The number of carbonyl (C=O) groups excluding carboxylic acids is 2. The first-order valence-electron chi connectivity index (χ1n) is 8.14. The van der Waals surface area contributed by atoms with E-state index in [1.807, 2.05) is 37.3 Å². The van der Waals surface area contributed by atoms with Gasteiger partial charge in [0.25, 0.3) is 5.91 Å². The summed E-state index contributed by atoms with van der Waals surface area (Å²) < 4.78 is 5.26. The van der Waals surface area contributed by atoms with E-state index in [0.717, 1.165) is 11.3 Å². The zero-order chi connectivity index (χ0) is 17.8. The van der Waals surface area contributed by atoms with E-state index < -0.39 is 12.1 Å². The van der Waals surface area contributed by atoms with Gasteiger partial charge in [-0.15, -0.1) is 0 Å². The van der Waals surface area contributed by atoms with Crippen LogP contribution in [0.2, 0.25) is 0 Å². The number of carbonyl (C=O) groups is 2. The fourth-order valence-corrected chi connectivity index (χ4v) is 2.72. The Bertz CT molecular complexity index is 773. The second-order valence-corrected chi connectivity index (χ2v) is 5.93. The predicted octanol–water partition coefficient (Wildman–Crippen LogP) is 2.32. The number of aryl methyl sites for hydroxylation is 1. The van der Waals surface area contributed by atoms with Gasteiger partial charge < -0.3 is 20.1 Å². The van der Waals surface area contributed by atoms with Crippen molar-refractivity contribution in [3.05, 3.63) is 59.7 Å². The van der Waals surface area contributed by atoms with Crippen LogP contribution in [0, 0.1) is 6.92 Å². The van der Waals surface area contributed by atoms with Gasteiger partial charge in [0.1, 0.15) is 0 Å². The van der Waals surface area contributed by atoms with Crippen molar-refractivity contribution in [2.75, 3.05) is 23.4 Å². The van der Waals surface area contributed by atoms with E-state index in [1.165, 1.54) is 0 Å². The summed E-state index contributed by atoms with van der Waals surface area (Å²) in [6.45, 7) is 2.56. The molecule has 0 radical (unpaired) electrons. The van der Waals surface area contributed by atoms with E-state index in [-0.39, 0.29) is 12.6 Å². The highest BCUT2D eigenvalue weighted by Crippen LogP contribution is 2.30. The zero-order valence-electron chi connectivity index (χ0n) is 13.9. The lowest BCUT2D eigenvalue weighted by Crippen LogP contribution is -2.48. The molecule has 1 aliphatic heterocycles. The highest BCUT2D eigenvalue weighted by molar-refractivity contribution is 6.02. The predicted molar refractivity (Wildman–Crippen MR) is 94.5 cm³/mol. The van der Waals surface area contributed by atoms with Gasteiger partial charge in [0.2, 0.25) is 6.23 Å². The van der Waals surface area contributed by atoms with Gasteiger partial charge in [0.15, 0.2) is 0 Å². The average Bonchev–Trinajstić information content (AvgIpc) is 2.62. The van der Waals surface area contributed by atoms with Crippen LogP contribution in [0.15, 0.2) is 48.5 Å². The number of nitrogens with zero attached hydrogens (tertiary/aromatic N) is 1. The van der Waals surface area contributed by atoms with Gasteiger partial charge in [-0.1, -0.05) is 29.8 Å². The summed E-state index contributed by atoms with van der Waals surface area (Å²) in [6, 6.07) is 14.4. The number of hydrogen-bond donors (Lipinski definition) is 2. The van der Waals surface area contributed by atoms with Crippen LogP contribution in [0.1, 0.15) is 22.3 Å². The molecule has 0 aliphatic carbocycles. The van der Waals surface area contributed by atoms with Crippen molar-refractivity contribution in [3.8, 4) is 0 Å². The second-order valence-electron chi connectivity index (χ2n) is 5.93. The fraction of sp³-hybridized carbons (Fsp3) is 0.263. The number of amides is 1. The third-order valence-electron chi connectivity index (χ3n) is 4.06. The van der Waals surface area contributed by atoms with Gasteiger partial charge in [-0.25, -0.2) is 4.79 Å². The molecule has 130 valence electrons. The molecule has 2 aromatic carbocycles. The van der Waals surface area contributed by atoms with Gasteiger partial charge in [0, 0.05) is 6.54 Å². The van der Waals surface area contributed by atoms with Crippen molar-refractivity contribution in [1.29, 1.82) is 0 Å². The van der Waals surface area contributed by atoms with E-state index in [1.54, 1.807) is 23.1 Å². The zero-order valence-corrected chi connectivity index (χ0v) is 13.9. The molecule has 0 saturated heterocycles. The standard InChI is InChI=1S/C19H20N2O4/c1-13-7-9-14(10-8-13)19(24)25-12-4-11-21-16-6-3-2-5-15(16)20-17(22)18(21)23/h2-3,5-10,18,23H,4,11-12H2,1H3,(H,20,22). The number of rotatable bonds is 5. The monoisotopic (exact) mass is 340 g/mol. The Labute approximate surface area is 146 Å². The van der Waals surface area contributed by atoms with Gasteiger partial charge in [-0.2, -0.15) is 0 Å².